The number of thioether (sulfide) groups is 1. The highest BCUT2D eigenvalue weighted by atomic mass is 32.2. The van der Waals surface area contributed by atoms with Crippen molar-refractivity contribution in [2.45, 2.75) is 31.5 Å². The molecule has 144 valence electrons. The molecule has 0 spiro atoms. The van der Waals surface area contributed by atoms with Crippen molar-refractivity contribution in [1.29, 1.82) is 0 Å². The van der Waals surface area contributed by atoms with Gasteiger partial charge in [0.1, 0.15) is 0 Å². The summed E-state index contributed by atoms with van der Waals surface area (Å²) < 4.78 is 7.16. The number of imidazole rings is 1. The molecule has 1 aromatic heterocycles. The Labute approximate surface area is 163 Å². The van der Waals surface area contributed by atoms with Crippen molar-refractivity contribution in [2.75, 3.05) is 25.4 Å². The van der Waals surface area contributed by atoms with Crippen molar-refractivity contribution >= 4 is 34.7 Å². The second-order valence-corrected chi connectivity index (χ2v) is 7.42. The Hall–Kier alpha value is -2.28. The molecule has 1 saturated heterocycles. The molecule has 2 aromatic rings. The van der Waals surface area contributed by atoms with Gasteiger partial charge in [-0.2, -0.15) is 0 Å². The third-order valence-electron chi connectivity index (χ3n) is 4.72. The van der Waals surface area contributed by atoms with E-state index in [9.17, 15) is 9.59 Å². The Morgan fingerprint density at radius 3 is 2.78 bits per heavy atom. The summed E-state index contributed by atoms with van der Waals surface area (Å²) in [4.78, 5) is 30.9. The van der Waals surface area contributed by atoms with Gasteiger partial charge in [-0.1, -0.05) is 30.0 Å². The Morgan fingerprint density at radius 1 is 1.33 bits per heavy atom. The SMILES string of the molecule is C=CCn1c(SCC(=O)N2CCC(C(=O)OCC)CC2)nc2ccccc21. The molecule has 1 aliphatic rings. The molecule has 0 unspecified atom stereocenters. The van der Waals surface area contributed by atoms with Gasteiger partial charge in [0.2, 0.25) is 5.91 Å². The standard InChI is InChI=1S/C20H25N3O3S/c1-3-11-23-17-8-6-5-7-16(17)21-20(23)27-14-18(24)22-12-9-15(10-13-22)19(25)26-4-2/h3,5-8,15H,1,4,9-14H2,2H3. The van der Waals surface area contributed by atoms with E-state index in [4.69, 9.17) is 4.74 Å². The number of carbonyl (C=O) groups is 2. The minimum Gasteiger partial charge on any atom is -0.466 e. The van der Waals surface area contributed by atoms with Crippen LogP contribution in [0.4, 0.5) is 0 Å². The van der Waals surface area contributed by atoms with Crippen LogP contribution in [0.25, 0.3) is 11.0 Å². The third kappa shape index (κ3) is 4.53. The van der Waals surface area contributed by atoms with Gasteiger partial charge in [-0.25, -0.2) is 4.98 Å². The lowest BCUT2D eigenvalue weighted by Crippen LogP contribution is -2.41. The molecule has 27 heavy (non-hydrogen) atoms. The highest BCUT2D eigenvalue weighted by molar-refractivity contribution is 7.99. The van der Waals surface area contributed by atoms with Crippen LogP contribution in [0.5, 0.6) is 0 Å². The van der Waals surface area contributed by atoms with Crippen LogP contribution < -0.4 is 0 Å². The number of benzene rings is 1. The number of rotatable bonds is 7. The van der Waals surface area contributed by atoms with Crippen molar-refractivity contribution in [3.8, 4) is 0 Å². The fourth-order valence-electron chi connectivity index (χ4n) is 3.31. The summed E-state index contributed by atoms with van der Waals surface area (Å²) in [5, 5.41) is 0.825. The molecular weight excluding hydrogens is 362 g/mol. The van der Waals surface area contributed by atoms with E-state index in [1.54, 1.807) is 0 Å². The second-order valence-electron chi connectivity index (χ2n) is 6.48. The van der Waals surface area contributed by atoms with Gasteiger partial charge in [-0.15, -0.1) is 6.58 Å². The average Bonchev–Trinajstić information content (AvgIpc) is 3.04. The summed E-state index contributed by atoms with van der Waals surface area (Å²) in [6.45, 7) is 7.89. The zero-order valence-electron chi connectivity index (χ0n) is 15.6. The van der Waals surface area contributed by atoms with E-state index in [0.29, 0.717) is 44.8 Å². The van der Waals surface area contributed by atoms with Crippen LogP contribution in [0.15, 0.2) is 42.1 Å². The monoisotopic (exact) mass is 387 g/mol. The van der Waals surface area contributed by atoms with E-state index in [0.717, 1.165) is 16.2 Å². The Bertz CT molecular complexity index is 825. The van der Waals surface area contributed by atoms with Crippen LogP contribution in [0, 0.1) is 5.92 Å². The van der Waals surface area contributed by atoms with Crippen molar-refractivity contribution in [3.63, 3.8) is 0 Å². The minimum atomic E-state index is -0.142. The highest BCUT2D eigenvalue weighted by Gasteiger charge is 2.28. The molecule has 7 heteroatoms. The fraction of sp³-hybridized carbons (Fsp3) is 0.450. The zero-order valence-corrected chi connectivity index (χ0v) is 16.4. The molecule has 6 nitrogen and oxygen atoms in total. The lowest BCUT2D eigenvalue weighted by molar-refractivity contribution is -0.151. The van der Waals surface area contributed by atoms with Crippen molar-refractivity contribution in [1.82, 2.24) is 14.5 Å². The molecule has 1 fully saturated rings. The summed E-state index contributed by atoms with van der Waals surface area (Å²) in [5.41, 5.74) is 1.96. The van der Waals surface area contributed by atoms with Gasteiger partial charge in [0.05, 0.1) is 29.3 Å². The number of aromatic nitrogens is 2. The summed E-state index contributed by atoms with van der Waals surface area (Å²) in [6.07, 6.45) is 3.18. The Balaban J connectivity index is 1.58. The lowest BCUT2D eigenvalue weighted by Gasteiger charge is -2.30. The van der Waals surface area contributed by atoms with Crippen molar-refractivity contribution < 1.29 is 14.3 Å². The lowest BCUT2D eigenvalue weighted by atomic mass is 9.97. The molecule has 0 radical (unpaired) electrons. The van der Waals surface area contributed by atoms with Crippen LogP contribution in [0.2, 0.25) is 0 Å². The predicted molar refractivity (Wildman–Crippen MR) is 107 cm³/mol. The summed E-state index contributed by atoms with van der Waals surface area (Å²) in [7, 11) is 0. The van der Waals surface area contributed by atoms with Gasteiger partial charge in [0.25, 0.3) is 0 Å². The maximum Gasteiger partial charge on any atom is 0.309 e. The van der Waals surface area contributed by atoms with E-state index in [2.05, 4.69) is 16.1 Å². The molecular formula is C20H25N3O3S. The van der Waals surface area contributed by atoms with Gasteiger partial charge in [-0.3, -0.25) is 9.59 Å². The molecule has 1 aliphatic heterocycles. The molecule has 0 N–H and O–H groups in total. The smallest absolute Gasteiger partial charge is 0.309 e. The van der Waals surface area contributed by atoms with E-state index in [1.807, 2.05) is 42.2 Å². The molecule has 0 atom stereocenters. The maximum absolute atomic E-state index is 12.6. The van der Waals surface area contributed by atoms with E-state index in [-0.39, 0.29) is 17.8 Å². The Kier molecular flexibility index (Phi) is 6.55. The second kappa shape index (κ2) is 9.08. The van der Waals surface area contributed by atoms with Crippen molar-refractivity contribution in [3.05, 3.63) is 36.9 Å². The number of para-hydroxylation sites is 2. The number of amides is 1. The number of hydrogen-bond donors (Lipinski definition) is 0. The number of esters is 1. The van der Waals surface area contributed by atoms with E-state index < -0.39 is 0 Å². The van der Waals surface area contributed by atoms with E-state index in [1.165, 1.54) is 11.8 Å². The molecule has 1 aromatic carbocycles. The zero-order chi connectivity index (χ0) is 19.2. The number of likely N-dealkylation sites (tertiary alicyclic amines) is 1. The normalized spacial score (nSPS) is 15.1. The van der Waals surface area contributed by atoms with Crippen molar-refractivity contribution in [2.24, 2.45) is 5.92 Å². The quantitative estimate of drug-likeness (QED) is 0.415. The van der Waals surface area contributed by atoms with Gasteiger partial charge < -0.3 is 14.2 Å². The fourth-order valence-corrected chi connectivity index (χ4v) is 4.24. The minimum absolute atomic E-state index is 0.0829. The molecule has 3 rings (SSSR count). The van der Waals surface area contributed by atoms with Crippen LogP contribution in [-0.4, -0.2) is 51.8 Å². The summed E-state index contributed by atoms with van der Waals surface area (Å²) >= 11 is 1.45. The molecule has 0 saturated carbocycles. The van der Waals surface area contributed by atoms with Crippen LogP contribution in [0.1, 0.15) is 19.8 Å². The summed E-state index contributed by atoms with van der Waals surface area (Å²) in [6, 6.07) is 7.94. The number of carbonyl (C=O) groups excluding carboxylic acids is 2. The molecule has 1 amide bonds. The maximum atomic E-state index is 12.6. The first-order valence-electron chi connectivity index (χ1n) is 9.27. The predicted octanol–water partition coefficient (Wildman–Crippen LogP) is 3.12. The largest absolute Gasteiger partial charge is 0.466 e. The molecule has 0 bridgehead atoms. The first-order valence-corrected chi connectivity index (χ1v) is 10.3. The topological polar surface area (TPSA) is 64.4 Å². The van der Waals surface area contributed by atoms with Crippen LogP contribution in [-0.2, 0) is 20.9 Å². The number of allylic oxidation sites excluding steroid dienone is 1. The number of piperidine rings is 1. The van der Waals surface area contributed by atoms with Crippen LogP contribution >= 0.6 is 11.8 Å². The van der Waals surface area contributed by atoms with E-state index >= 15 is 0 Å². The average molecular weight is 388 g/mol. The number of hydrogen-bond acceptors (Lipinski definition) is 5. The molecule has 0 aliphatic carbocycles. The first-order chi connectivity index (χ1) is 13.1. The summed E-state index contributed by atoms with van der Waals surface area (Å²) in [5.74, 6) is 0.194. The Morgan fingerprint density at radius 2 is 2.07 bits per heavy atom. The molecule has 2 heterocycles. The number of ether oxygens (including phenoxy) is 1. The number of fused-ring (bicyclic) bond motifs is 1. The van der Waals surface area contributed by atoms with Crippen LogP contribution in [0.3, 0.4) is 0 Å². The third-order valence-corrected chi connectivity index (χ3v) is 5.68. The highest BCUT2D eigenvalue weighted by Crippen LogP contribution is 2.25. The number of nitrogens with zero attached hydrogens (tertiary/aromatic N) is 3. The van der Waals surface area contributed by atoms with Gasteiger partial charge in [-0.05, 0) is 31.9 Å². The van der Waals surface area contributed by atoms with Gasteiger partial charge in [0, 0.05) is 19.6 Å². The van der Waals surface area contributed by atoms with Gasteiger partial charge >= 0.3 is 5.97 Å². The van der Waals surface area contributed by atoms with Gasteiger partial charge in [0.15, 0.2) is 5.16 Å². The first kappa shape index (κ1) is 19.5.